The summed E-state index contributed by atoms with van der Waals surface area (Å²) in [6.45, 7) is 0. The average Bonchev–Trinajstić information content (AvgIpc) is 2.76. The van der Waals surface area contributed by atoms with E-state index in [1.165, 1.54) is 37.8 Å². The predicted octanol–water partition coefficient (Wildman–Crippen LogP) is 5.43. The number of aromatic nitrogens is 2. The average molecular weight is 473 g/mol. The molecule has 2 aromatic carbocycles. The molecule has 1 N–H and O–H groups in total. The van der Waals surface area contributed by atoms with Gasteiger partial charge in [-0.2, -0.15) is 4.98 Å². The molecule has 4 rings (SSSR count). The molecule has 0 spiro atoms. The number of nitrogens with zero attached hydrogens (tertiary/aromatic N) is 2. The SMILES string of the molecule is COc1cc(Oc2nc(Oc3cccc4c3CCCC4)ncc2Br)cc(O)c1OC. The normalized spacial score (nSPS) is 12.8. The van der Waals surface area contributed by atoms with Crippen LogP contribution in [-0.2, 0) is 12.8 Å². The summed E-state index contributed by atoms with van der Waals surface area (Å²) in [5.74, 6) is 1.80. The Morgan fingerprint density at radius 1 is 1.00 bits per heavy atom. The van der Waals surface area contributed by atoms with Crippen molar-refractivity contribution in [3.63, 3.8) is 0 Å². The zero-order chi connectivity index (χ0) is 21.1. The number of aromatic hydroxyl groups is 1. The molecule has 1 heterocycles. The van der Waals surface area contributed by atoms with Crippen molar-refractivity contribution in [1.82, 2.24) is 9.97 Å². The third kappa shape index (κ3) is 4.14. The molecule has 0 saturated heterocycles. The second-order valence-corrected chi connectivity index (χ2v) is 7.64. The van der Waals surface area contributed by atoms with Gasteiger partial charge >= 0.3 is 6.01 Å². The van der Waals surface area contributed by atoms with Crippen molar-refractivity contribution in [1.29, 1.82) is 0 Å². The van der Waals surface area contributed by atoms with Crippen molar-refractivity contribution >= 4 is 15.9 Å². The quantitative estimate of drug-likeness (QED) is 0.512. The topological polar surface area (TPSA) is 82.9 Å². The van der Waals surface area contributed by atoms with E-state index in [4.69, 9.17) is 18.9 Å². The molecule has 1 aromatic heterocycles. The number of hydrogen-bond donors (Lipinski definition) is 1. The lowest BCUT2D eigenvalue weighted by molar-refractivity contribution is 0.328. The minimum absolute atomic E-state index is 0.107. The highest BCUT2D eigenvalue weighted by atomic mass is 79.9. The van der Waals surface area contributed by atoms with Gasteiger partial charge in [0.05, 0.1) is 24.9 Å². The van der Waals surface area contributed by atoms with Crippen LogP contribution in [-0.4, -0.2) is 29.3 Å². The van der Waals surface area contributed by atoms with Crippen LogP contribution in [0.2, 0.25) is 0 Å². The van der Waals surface area contributed by atoms with Crippen LogP contribution < -0.4 is 18.9 Å². The van der Waals surface area contributed by atoms with Crippen LogP contribution in [0.4, 0.5) is 0 Å². The maximum atomic E-state index is 10.2. The number of phenolic OH excluding ortho intramolecular Hbond substituents is 1. The summed E-state index contributed by atoms with van der Waals surface area (Å²) in [4.78, 5) is 8.63. The molecule has 0 saturated carbocycles. The Morgan fingerprint density at radius 2 is 1.83 bits per heavy atom. The summed E-state index contributed by atoms with van der Waals surface area (Å²) in [7, 11) is 2.93. The number of hydrogen-bond acceptors (Lipinski definition) is 7. The molecule has 8 heteroatoms. The molecular formula is C22H21BrN2O5. The Morgan fingerprint density at radius 3 is 2.63 bits per heavy atom. The first-order chi connectivity index (χ1) is 14.6. The molecule has 30 heavy (non-hydrogen) atoms. The third-order valence-electron chi connectivity index (χ3n) is 4.89. The maximum Gasteiger partial charge on any atom is 0.325 e. The number of halogens is 1. The number of benzene rings is 2. The van der Waals surface area contributed by atoms with Crippen LogP contribution >= 0.6 is 15.9 Å². The van der Waals surface area contributed by atoms with E-state index in [0.29, 0.717) is 16.0 Å². The van der Waals surface area contributed by atoms with Crippen LogP contribution in [0.15, 0.2) is 41.0 Å². The highest BCUT2D eigenvalue weighted by Gasteiger charge is 2.18. The van der Waals surface area contributed by atoms with E-state index in [-0.39, 0.29) is 23.4 Å². The Hall–Kier alpha value is -3.00. The summed E-state index contributed by atoms with van der Waals surface area (Å²) in [5, 5.41) is 10.2. The Labute approximate surface area is 182 Å². The summed E-state index contributed by atoms with van der Waals surface area (Å²) >= 11 is 3.39. The lowest BCUT2D eigenvalue weighted by Crippen LogP contribution is -2.05. The zero-order valence-electron chi connectivity index (χ0n) is 16.6. The fraction of sp³-hybridized carbons (Fsp3) is 0.273. The van der Waals surface area contributed by atoms with Crippen molar-refractivity contribution in [3.8, 4) is 40.6 Å². The van der Waals surface area contributed by atoms with Gasteiger partial charge in [0.2, 0.25) is 11.6 Å². The monoisotopic (exact) mass is 472 g/mol. The Balaban J connectivity index is 1.61. The minimum Gasteiger partial charge on any atom is -0.504 e. The summed E-state index contributed by atoms with van der Waals surface area (Å²) < 4.78 is 22.8. The lowest BCUT2D eigenvalue weighted by Gasteiger charge is -2.18. The van der Waals surface area contributed by atoms with Crippen LogP contribution in [0.1, 0.15) is 24.0 Å². The molecule has 0 bridgehead atoms. The van der Waals surface area contributed by atoms with Gasteiger partial charge in [0.1, 0.15) is 11.5 Å². The van der Waals surface area contributed by atoms with Gasteiger partial charge < -0.3 is 24.1 Å². The predicted molar refractivity (Wildman–Crippen MR) is 114 cm³/mol. The smallest absolute Gasteiger partial charge is 0.325 e. The standard InChI is InChI=1S/C22H21BrN2O5/c1-27-19-11-14(10-17(26)20(19)28-2)29-21-16(23)12-24-22(25-21)30-18-9-5-7-13-6-3-4-8-15(13)18/h5,7,9-12,26H,3-4,6,8H2,1-2H3. The Kier molecular flexibility index (Phi) is 5.94. The highest BCUT2D eigenvalue weighted by molar-refractivity contribution is 9.10. The molecule has 0 fully saturated rings. The molecule has 0 unspecified atom stereocenters. The van der Waals surface area contributed by atoms with Gasteiger partial charge in [0.15, 0.2) is 11.5 Å². The number of ether oxygens (including phenoxy) is 4. The van der Waals surface area contributed by atoms with Gasteiger partial charge in [-0.3, -0.25) is 0 Å². The van der Waals surface area contributed by atoms with E-state index in [2.05, 4.69) is 32.0 Å². The molecule has 156 valence electrons. The second-order valence-electron chi connectivity index (χ2n) is 6.79. The Bertz CT molecular complexity index is 1070. The first-order valence-corrected chi connectivity index (χ1v) is 10.3. The molecular weight excluding hydrogens is 452 g/mol. The van der Waals surface area contributed by atoms with Gasteiger partial charge in [-0.15, -0.1) is 0 Å². The molecule has 3 aromatic rings. The number of fused-ring (bicyclic) bond motifs is 1. The van der Waals surface area contributed by atoms with E-state index < -0.39 is 0 Å². The number of methoxy groups -OCH3 is 2. The second kappa shape index (κ2) is 8.79. The first-order valence-electron chi connectivity index (χ1n) is 9.53. The third-order valence-corrected chi connectivity index (χ3v) is 5.44. The van der Waals surface area contributed by atoms with Crippen LogP contribution in [0.3, 0.4) is 0 Å². The number of aryl methyl sites for hydroxylation is 1. The van der Waals surface area contributed by atoms with Crippen LogP contribution in [0, 0.1) is 0 Å². The number of rotatable bonds is 6. The van der Waals surface area contributed by atoms with E-state index >= 15 is 0 Å². The minimum atomic E-state index is -0.107. The van der Waals surface area contributed by atoms with E-state index in [9.17, 15) is 5.11 Å². The molecule has 1 aliphatic carbocycles. The van der Waals surface area contributed by atoms with Gasteiger partial charge in [-0.1, -0.05) is 12.1 Å². The van der Waals surface area contributed by atoms with E-state index in [0.717, 1.165) is 25.0 Å². The highest BCUT2D eigenvalue weighted by Crippen LogP contribution is 2.42. The fourth-order valence-electron chi connectivity index (χ4n) is 3.49. The van der Waals surface area contributed by atoms with E-state index in [1.807, 2.05) is 12.1 Å². The maximum absolute atomic E-state index is 10.2. The molecule has 7 nitrogen and oxygen atoms in total. The molecule has 0 aliphatic heterocycles. The molecule has 0 radical (unpaired) electrons. The van der Waals surface area contributed by atoms with Crippen molar-refractivity contribution in [2.24, 2.45) is 0 Å². The fourth-order valence-corrected chi connectivity index (χ4v) is 3.76. The van der Waals surface area contributed by atoms with Gasteiger partial charge in [-0.05, 0) is 58.8 Å². The lowest BCUT2D eigenvalue weighted by atomic mass is 9.91. The summed E-state index contributed by atoms with van der Waals surface area (Å²) in [5.41, 5.74) is 2.52. The van der Waals surface area contributed by atoms with Crippen molar-refractivity contribution in [2.75, 3.05) is 14.2 Å². The van der Waals surface area contributed by atoms with Gasteiger partial charge in [0.25, 0.3) is 0 Å². The van der Waals surface area contributed by atoms with Gasteiger partial charge in [0, 0.05) is 12.1 Å². The van der Waals surface area contributed by atoms with Crippen molar-refractivity contribution in [2.45, 2.75) is 25.7 Å². The van der Waals surface area contributed by atoms with Crippen LogP contribution in [0.5, 0.6) is 40.6 Å². The van der Waals surface area contributed by atoms with E-state index in [1.54, 1.807) is 12.3 Å². The zero-order valence-corrected chi connectivity index (χ0v) is 18.2. The molecule has 0 amide bonds. The summed E-state index contributed by atoms with van der Waals surface area (Å²) in [6.07, 6.45) is 5.95. The van der Waals surface area contributed by atoms with Crippen molar-refractivity contribution in [3.05, 3.63) is 52.1 Å². The van der Waals surface area contributed by atoms with Crippen LogP contribution in [0.25, 0.3) is 0 Å². The first kappa shape index (κ1) is 20.3. The number of phenols is 1. The van der Waals surface area contributed by atoms with Crippen molar-refractivity contribution < 1.29 is 24.1 Å². The molecule has 1 aliphatic rings. The van der Waals surface area contributed by atoms with Gasteiger partial charge in [-0.25, -0.2) is 4.98 Å². The largest absolute Gasteiger partial charge is 0.504 e. The summed E-state index contributed by atoms with van der Waals surface area (Å²) in [6, 6.07) is 9.26. The molecule has 0 atom stereocenters.